The van der Waals surface area contributed by atoms with Crippen LogP contribution < -0.4 is 14.8 Å². The van der Waals surface area contributed by atoms with Crippen LogP contribution in [0.1, 0.15) is 30.5 Å². The van der Waals surface area contributed by atoms with Gasteiger partial charge in [0.1, 0.15) is 13.2 Å². The van der Waals surface area contributed by atoms with E-state index in [-0.39, 0.29) is 11.9 Å². The van der Waals surface area contributed by atoms with E-state index < -0.39 is 0 Å². The van der Waals surface area contributed by atoms with Crippen LogP contribution in [0.2, 0.25) is 10.0 Å². The van der Waals surface area contributed by atoms with E-state index in [0.717, 1.165) is 16.9 Å². The van der Waals surface area contributed by atoms with Crippen LogP contribution >= 0.6 is 23.2 Å². The minimum absolute atomic E-state index is 0.0571. The highest BCUT2D eigenvalue weighted by Crippen LogP contribution is 2.32. The first kappa shape index (κ1) is 17.9. The Kier molecular flexibility index (Phi) is 5.71. The van der Waals surface area contributed by atoms with Crippen LogP contribution in [0.3, 0.4) is 0 Å². The summed E-state index contributed by atoms with van der Waals surface area (Å²) in [4.78, 5) is 12.3. The predicted octanol–water partition coefficient (Wildman–Crippen LogP) is 4.57. The second kappa shape index (κ2) is 7.98. The van der Waals surface area contributed by atoms with E-state index in [4.69, 9.17) is 32.7 Å². The number of hydrogen-bond donors (Lipinski definition) is 1. The van der Waals surface area contributed by atoms with Crippen LogP contribution in [0.25, 0.3) is 0 Å². The predicted molar refractivity (Wildman–Crippen MR) is 98.8 cm³/mol. The topological polar surface area (TPSA) is 47.6 Å². The molecular formula is C19H19Cl2NO3. The van der Waals surface area contributed by atoms with E-state index in [2.05, 4.69) is 5.32 Å². The number of carbonyl (C=O) groups is 1. The molecule has 1 aliphatic rings. The van der Waals surface area contributed by atoms with Gasteiger partial charge in [-0.2, -0.15) is 0 Å². The molecule has 0 unspecified atom stereocenters. The van der Waals surface area contributed by atoms with Gasteiger partial charge >= 0.3 is 0 Å². The molecule has 0 saturated carbocycles. The Bertz CT molecular complexity index is 759. The number of carbonyl (C=O) groups excluding carboxylic acids is 1. The Morgan fingerprint density at radius 1 is 1.12 bits per heavy atom. The number of nitrogens with one attached hydrogen (secondary N) is 1. The fourth-order valence-electron chi connectivity index (χ4n) is 2.74. The van der Waals surface area contributed by atoms with Gasteiger partial charge in [-0.1, -0.05) is 35.3 Å². The molecule has 3 rings (SSSR count). The Morgan fingerprint density at radius 3 is 2.52 bits per heavy atom. The molecule has 1 atom stereocenters. The molecule has 0 radical (unpaired) electrons. The fraction of sp³-hybridized carbons (Fsp3) is 0.316. The number of amides is 1. The van der Waals surface area contributed by atoms with Crippen molar-refractivity contribution in [2.45, 2.75) is 25.8 Å². The van der Waals surface area contributed by atoms with Gasteiger partial charge in [0.15, 0.2) is 11.5 Å². The van der Waals surface area contributed by atoms with Gasteiger partial charge in [-0.25, -0.2) is 0 Å². The van der Waals surface area contributed by atoms with Gasteiger partial charge in [0.2, 0.25) is 5.91 Å². The average Bonchev–Trinajstić information content (AvgIpc) is 2.61. The third-order valence-electron chi connectivity index (χ3n) is 4.11. The number of ether oxygens (including phenoxy) is 2. The first-order valence-electron chi connectivity index (χ1n) is 8.16. The highest BCUT2D eigenvalue weighted by Gasteiger charge is 2.16. The second-order valence-corrected chi connectivity index (χ2v) is 6.71. The number of fused-ring (bicyclic) bond motifs is 1. The lowest BCUT2D eigenvalue weighted by atomic mass is 10.1. The molecule has 0 bridgehead atoms. The zero-order valence-corrected chi connectivity index (χ0v) is 15.4. The van der Waals surface area contributed by atoms with Crippen molar-refractivity contribution in [3.8, 4) is 11.5 Å². The quantitative estimate of drug-likeness (QED) is 0.827. The number of halogens is 2. The number of benzene rings is 2. The zero-order chi connectivity index (χ0) is 17.8. The van der Waals surface area contributed by atoms with Crippen LogP contribution in [0.4, 0.5) is 0 Å². The normalized spacial score (nSPS) is 14.0. The van der Waals surface area contributed by atoms with E-state index in [0.29, 0.717) is 41.9 Å². The molecule has 0 aromatic heterocycles. The molecule has 0 fully saturated rings. The highest BCUT2D eigenvalue weighted by atomic mass is 35.5. The van der Waals surface area contributed by atoms with Crippen molar-refractivity contribution < 1.29 is 14.3 Å². The SMILES string of the molecule is C[C@H](NC(=O)CCc1c(Cl)cccc1Cl)c1ccc2c(c1)OCCO2. The summed E-state index contributed by atoms with van der Waals surface area (Å²) in [7, 11) is 0. The molecule has 1 amide bonds. The zero-order valence-electron chi connectivity index (χ0n) is 13.9. The fourth-order valence-corrected chi connectivity index (χ4v) is 3.32. The van der Waals surface area contributed by atoms with Crippen molar-refractivity contribution in [1.29, 1.82) is 0 Å². The Labute approximate surface area is 157 Å². The minimum atomic E-state index is -0.134. The van der Waals surface area contributed by atoms with E-state index in [1.807, 2.05) is 25.1 Å². The summed E-state index contributed by atoms with van der Waals surface area (Å²) in [5.41, 5.74) is 1.77. The van der Waals surface area contributed by atoms with Crippen LogP contribution in [0.5, 0.6) is 11.5 Å². The maximum absolute atomic E-state index is 12.3. The number of rotatable bonds is 5. The van der Waals surface area contributed by atoms with Gasteiger partial charge in [0.25, 0.3) is 0 Å². The summed E-state index contributed by atoms with van der Waals surface area (Å²) < 4.78 is 11.1. The van der Waals surface area contributed by atoms with E-state index in [9.17, 15) is 4.79 Å². The molecular weight excluding hydrogens is 361 g/mol. The van der Waals surface area contributed by atoms with E-state index in [1.165, 1.54) is 0 Å². The maximum Gasteiger partial charge on any atom is 0.220 e. The molecule has 0 aliphatic carbocycles. The molecule has 2 aromatic carbocycles. The molecule has 4 nitrogen and oxygen atoms in total. The van der Waals surface area contributed by atoms with Gasteiger partial charge in [-0.3, -0.25) is 4.79 Å². The maximum atomic E-state index is 12.3. The molecule has 1 aliphatic heterocycles. The van der Waals surface area contributed by atoms with E-state index >= 15 is 0 Å². The van der Waals surface area contributed by atoms with Crippen LogP contribution in [-0.4, -0.2) is 19.1 Å². The minimum Gasteiger partial charge on any atom is -0.486 e. The molecule has 1 heterocycles. The Hall–Kier alpha value is -1.91. The molecule has 0 spiro atoms. The summed E-state index contributed by atoms with van der Waals surface area (Å²) in [5.74, 6) is 1.40. The lowest BCUT2D eigenvalue weighted by Gasteiger charge is -2.21. The van der Waals surface area contributed by atoms with Crippen LogP contribution in [0.15, 0.2) is 36.4 Å². The largest absolute Gasteiger partial charge is 0.486 e. The van der Waals surface area contributed by atoms with Crippen molar-refractivity contribution in [1.82, 2.24) is 5.32 Å². The summed E-state index contributed by atoms with van der Waals surface area (Å²) in [6, 6.07) is 10.9. The first-order chi connectivity index (χ1) is 12.0. The Morgan fingerprint density at radius 2 is 1.80 bits per heavy atom. The number of hydrogen-bond acceptors (Lipinski definition) is 3. The summed E-state index contributed by atoms with van der Waals surface area (Å²) in [6.07, 6.45) is 0.816. The third kappa shape index (κ3) is 4.39. The standard InChI is InChI=1S/C19H19Cl2NO3/c1-12(13-5-7-17-18(11-13)25-10-9-24-17)22-19(23)8-6-14-15(20)3-2-4-16(14)21/h2-5,7,11-12H,6,8-10H2,1H3,(H,22,23)/t12-/m0/s1. The molecule has 0 saturated heterocycles. The molecule has 132 valence electrons. The van der Waals surface area contributed by atoms with Crippen LogP contribution in [-0.2, 0) is 11.2 Å². The van der Waals surface area contributed by atoms with Gasteiger partial charge in [-0.05, 0) is 48.7 Å². The van der Waals surface area contributed by atoms with Crippen molar-refractivity contribution in [3.63, 3.8) is 0 Å². The van der Waals surface area contributed by atoms with Crippen molar-refractivity contribution in [2.75, 3.05) is 13.2 Å². The summed E-state index contributed by atoms with van der Waals surface area (Å²) in [6.45, 7) is 3.03. The third-order valence-corrected chi connectivity index (χ3v) is 4.82. The molecule has 25 heavy (non-hydrogen) atoms. The van der Waals surface area contributed by atoms with Crippen molar-refractivity contribution in [3.05, 3.63) is 57.6 Å². The van der Waals surface area contributed by atoms with Gasteiger partial charge in [-0.15, -0.1) is 0 Å². The molecule has 6 heteroatoms. The smallest absolute Gasteiger partial charge is 0.220 e. The van der Waals surface area contributed by atoms with Gasteiger partial charge < -0.3 is 14.8 Å². The van der Waals surface area contributed by atoms with Crippen LogP contribution in [0, 0.1) is 0 Å². The Balaban J connectivity index is 1.59. The molecule has 1 N–H and O–H groups in total. The van der Waals surface area contributed by atoms with Crippen molar-refractivity contribution in [2.24, 2.45) is 0 Å². The average molecular weight is 380 g/mol. The highest BCUT2D eigenvalue weighted by molar-refractivity contribution is 6.36. The lowest BCUT2D eigenvalue weighted by Crippen LogP contribution is -2.27. The monoisotopic (exact) mass is 379 g/mol. The van der Waals surface area contributed by atoms with Gasteiger partial charge in [0, 0.05) is 16.5 Å². The summed E-state index contributed by atoms with van der Waals surface area (Å²) >= 11 is 12.3. The van der Waals surface area contributed by atoms with Gasteiger partial charge in [0.05, 0.1) is 6.04 Å². The van der Waals surface area contributed by atoms with Crippen molar-refractivity contribution >= 4 is 29.1 Å². The first-order valence-corrected chi connectivity index (χ1v) is 8.92. The lowest BCUT2D eigenvalue weighted by molar-refractivity contribution is -0.121. The molecule has 2 aromatic rings. The van der Waals surface area contributed by atoms with E-state index in [1.54, 1.807) is 18.2 Å². The summed E-state index contributed by atoms with van der Waals surface area (Å²) in [5, 5.41) is 4.16. The second-order valence-electron chi connectivity index (χ2n) is 5.89.